The average molecular weight is 423 g/mol. The van der Waals surface area contributed by atoms with Crippen LogP contribution in [0.15, 0.2) is 65.8 Å². The second-order valence-electron chi connectivity index (χ2n) is 7.25. The molecular weight excluding hydrogens is 404 g/mol. The summed E-state index contributed by atoms with van der Waals surface area (Å²) >= 11 is 6.16. The zero-order valence-corrected chi connectivity index (χ0v) is 16.9. The van der Waals surface area contributed by atoms with Gasteiger partial charge in [0.1, 0.15) is 11.5 Å². The Balaban J connectivity index is 1.64. The van der Waals surface area contributed by atoms with Gasteiger partial charge in [0.2, 0.25) is 6.23 Å². The Morgan fingerprint density at radius 3 is 2.67 bits per heavy atom. The van der Waals surface area contributed by atoms with Crippen LogP contribution in [0.2, 0.25) is 5.02 Å². The summed E-state index contributed by atoms with van der Waals surface area (Å²) in [5.74, 6) is 1.63. The molecule has 152 valence electrons. The van der Waals surface area contributed by atoms with Crippen LogP contribution in [0, 0.1) is 0 Å². The van der Waals surface area contributed by atoms with Crippen molar-refractivity contribution in [3.63, 3.8) is 0 Å². The van der Waals surface area contributed by atoms with Crippen LogP contribution in [0.3, 0.4) is 0 Å². The lowest BCUT2D eigenvalue weighted by atomic mass is 9.95. The van der Waals surface area contributed by atoms with Gasteiger partial charge in [0.15, 0.2) is 11.5 Å². The van der Waals surface area contributed by atoms with Gasteiger partial charge in [0.05, 0.1) is 18.9 Å². The first-order chi connectivity index (χ1) is 14.5. The van der Waals surface area contributed by atoms with Gasteiger partial charge in [-0.15, -0.1) is 0 Å². The Kier molecular flexibility index (Phi) is 4.44. The molecule has 0 bridgehead atoms. The van der Waals surface area contributed by atoms with Crippen molar-refractivity contribution >= 4 is 17.3 Å². The number of nitrogens with zero attached hydrogens (tertiary/aromatic N) is 2. The number of fused-ring (bicyclic) bond motifs is 3. The maximum absolute atomic E-state index is 10.4. The SMILES string of the molecule is COc1cccc2c1O[C@H](c1ccc(O)cc1)N1N=C(c3cc(Cl)ccc3O)C[C@H]21. The van der Waals surface area contributed by atoms with Crippen LogP contribution in [0.4, 0.5) is 0 Å². The molecule has 0 unspecified atom stereocenters. The van der Waals surface area contributed by atoms with E-state index in [0.29, 0.717) is 28.5 Å². The first-order valence-corrected chi connectivity index (χ1v) is 9.90. The molecule has 2 N–H and O–H groups in total. The summed E-state index contributed by atoms with van der Waals surface area (Å²) in [5.41, 5.74) is 3.13. The first-order valence-electron chi connectivity index (χ1n) is 9.52. The van der Waals surface area contributed by atoms with Gasteiger partial charge < -0.3 is 19.7 Å². The van der Waals surface area contributed by atoms with Gasteiger partial charge in [-0.25, -0.2) is 5.01 Å². The lowest BCUT2D eigenvalue weighted by molar-refractivity contribution is -0.0209. The number of hydrogen-bond acceptors (Lipinski definition) is 6. The smallest absolute Gasteiger partial charge is 0.214 e. The highest BCUT2D eigenvalue weighted by Crippen LogP contribution is 2.51. The third kappa shape index (κ3) is 3.00. The molecule has 6 nitrogen and oxygen atoms in total. The fourth-order valence-electron chi connectivity index (χ4n) is 4.01. The Morgan fingerprint density at radius 1 is 1.10 bits per heavy atom. The molecule has 0 saturated carbocycles. The molecule has 0 aromatic heterocycles. The lowest BCUT2D eigenvalue weighted by Gasteiger charge is -2.38. The van der Waals surface area contributed by atoms with Gasteiger partial charge in [-0.3, -0.25) is 0 Å². The number of aromatic hydroxyl groups is 2. The predicted molar refractivity (Wildman–Crippen MR) is 113 cm³/mol. The van der Waals surface area contributed by atoms with Crippen LogP contribution in [0.25, 0.3) is 0 Å². The molecule has 3 aromatic carbocycles. The normalized spacial score (nSPS) is 19.5. The number of phenols is 2. The van der Waals surface area contributed by atoms with Crippen molar-refractivity contribution < 1.29 is 19.7 Å². The largest absolute Gasteiger partial charge is 0.508 e. The summed E-state index contributed by atoms with van der Waals surface area (Å²) < 4.78 is 11.9. The van der Waals surface area contributed by atoms with Gasteiger partial charge in [0, 0.05) is 28.1 Å². The summed E-state index contributed by atoms with van der Waals surface area (Å²) in [5, 5.41) is 27.3. The molecule has 30 heavy (non-hydrogen) atoms. The molecule has 2 aliphatic heterocycles. The molecule has 0 spiro atoms. The Morgan fingerprint density at radius 2 is 1.90 bits per heavy atom. The molecule has 2 heterocycles. The van der Waals surface area contributed by atoms with E-state index in [-0.39, 0.29) is 17.5 Å². The van der Waals surface area contributed by atoms with Gasteiger partial charge in [-0.2, -0.15) is 5.10 Å². The number of halogens is 1. The third-order valence-electron chi connectivity index (χ3n) is 5.45. The maximum atomic E-state index is 10.4. The zero-order chi connectivity index (χ0) is 20.8. The third-order valence-corrected chi connectivity index (χ3v) is 5.68. The molecule has 0 radical (unpaired) electrons. The van der Waals surface area contributed by atoms with Crippen molar-refractivity contribution in [2.24, 2.45) is 5.10 Å². The van der Waals surface area contributed by atoms with Crippen molar-refractivity contribution in [3.05, 3.63) is 82.4 Å². The number of benzene rings is 3. The van der Waals surface area contributed by atoms with Crippen LogP contribution in [-0.2, 0) is 0 Å². The van der Waals surface area contributed by atoms with E-state index in [9.17, 15) is 10.2 Å². The number of ether oxygens (including phenoxy) is 2. The fourth-order valence-corrected chi connectivity index (χ4v) is 4.18. The summed E-state index contributed by atoms with van der Waals surface area (Å²) in [4.78, 5) is 0. The monoisotopic (exact) mass is 422 g/mol. The van der Waals surface area contributed by atoms with Crippen LogP contribution >= 0.6 is 11.6 Å². The number of rotatable bonds is 3. The Hall–Kier alpha value is -3.38. The molecule has 5 rings (SSSR count). The highest BCUT2D eigenvalue weighted by Gasteiger charge is 2.42. The summed E-state index contributed by atoms with van der Waals surface area (Å²) in [7, 11) is 1.61. The van der Waals surface area contributed by atoms with E-state index >= 15 is 0 Å². The van der Waals surface area contributed by atoms with Crippen molar-refractivity contribution in [1.82, 2.24) is 5.01 Å². The number of hydrogen-bond donors (Lipinski definition) is 2. The van der Waals surface area contributed by atoms with Crippen LogP contribution in [-0.4, -0.2) is 28.0 Å². The van der Waals surface area contributed by atoms with Crippen molar-refractivity contribution in [1.29, 1.82) is 0 Å². The second-order valence-corrected chi connectivity index (χ2v) is 7.68. The van der Waals surface area contributed by atoms with Gasteiger partial charge >= 0.3 is 0 Å². The highest BCUT2D eigenvalue weighted by molar-refractivity contribution is 6.31. The molecule has 0 amide bonds. The minimum Gasteiger partial charge on any atom is -0.508 e. The van der Waals surface area contributed by atoms with E-state index in [1.165, 1.54) is 0 Å². The number of para-hydroxylation sites is 1. The quantitative estimate of drug-likeness (QED) is 0.621. The minimum absolute atomic E-state index is 0.101. The maximum Gasteiger partial charge on any atom is 0.214 e. The van der Waals surface area contributed by atoms with E-state index in [1.807, 2.05) is 35.3 Å². The summed E-state index contributed by atoms with van der Waals surface area (Å²) in [6.45, 7) is 0. The second kappa shape index (κ2) is 7.15. The van der Waals surface area contributed by atoms with Crippen LogP contribution in [0.5, 0.6) is 23.0 Å². The van der Waals surface area contributed by atoms with Crippen LogP contribution in [0.1, 0.15) is 35.4 Å². The molecular formula is C23H19ClN2O4. The first kappa shape index (κ1) is 18.6. The van der Waals surface area contributed by atoms with Crippen molar-refractivity contribution in [3.8, 4) is 23.0 Å². The Labute approximate surface area is 178 Å². The molecule has 0 aliphatic carbocycles. The molecule has 2 atom stereocenters. The fraction of sp³-hybridized carbons (Fsp3) is 0.174. The van der Waals surface area contributed by atoms with Crippen LogP contribution < -0.4 is 9.47 Å². The Bertz CT molecular complexity index is 1150. The molecule has 0 fully saturated rings. The van der Waals surface area contributed by atoms with E-state index in [4.69, 9.17) is 26.2 Å². The standard InChI is InChI=1S/C23H19ClN2O4/c1-29-21-4-2-3-16-19-12-18(17-11-14(24)7-10-20(17)28)25-26(19)23(30-22(16)21)13-5-8-15(27)9-6-13/h2-11,19,23,27-28H,12H2,1H3/t19-,23-/m1/s1. The average Bonchev–Trinajstić information content (AvgIpc) is 3.20. The minimum atomic E-state index is -0.516. The molecule has 7 heteroatoms. The zero-order valence-electron chi connectivity index (χ0n) is 16.1. The van der Waals surface area contributed by atoms with E-state index in [1.54, 1.807) is 37.4 Å². The number of phenolic OH excluding ortho intramolecular Hbond substituents is 2. The lowest BCUT2D eigenvalue weighted by Crippen LogP contribution is -2.33. The number of hydrazone groups is 1. The van der Waals surface area contributed by atoms with E-state index in [2.05, 4.69) is 0 Å². The predicted octanol–water partition coefficient (Wildman–Crippen LogP) is 5.00. The molecule has 0 saturated heterocycles. The van der Waals surface area contributed by atoms with Gasteiger partial charge in [-0.1, -0.05) is 23.7 Å². The summed E-state index contributed by atoms with van der Waals surface area (Å²) in [6, 6.07) is 17.5. The van der Waals surface area contributed by atoms with Gasteiger partial charge in [-0.05, 0) is 48.5 Å². The van der Waals surface area contributed by atoms with Crippen molar-refractivity contribution in [2.75, 3.05) is 7.11 Å². The molecule has 3 aromatic rings. The highest BCUT2D eigenvalue weighted by atomic mass is 35.5. The van der Waals surface area contributed by atoms with E-state index < -0.39 is 6.23 Å². The topological polar surface area (TPSA) is 74.5 Å². The summed E-state index contributed by atoms with van der Waals surface area (Å²) in [6.07, 6.45) is 0.0599. The number of methoxy groups -OCH3 is 1. The van der Waals surface area contributed by atoms with E-state index in [0.717, 1.165) is 16.8 Å². The van der Waals surface area contributed by atoms with Crippen molar-refractivity contribution in [2.45, 2.75) is 18.7 Å². The van der Waals surface area contributed by atoms with Gasteiger partial charge in [0.25, 0.3) is 0 Å². The molecule has 2 aliphatic rings.